The number of pyridine rings is 1. The van der Waals surface area contributed by atoms with Crippen molar-refractivity contribution in [1.29, 1.82) is 0 Å². The molecule has 3 aromatic carbocycles. The lowest BCUT2D eigenvalue weighted by molar-refractivity contribution is -0.137. The quantitative estimate of drug-likeness (QED) is 0.252. The maximum absolute atomic E-state index is 13.2. The number of aromatic nitrogens is 1. The van der Waals surface area contributed by atoms with Gasteiger partial charge in [0.05, 0.1) is 16.9 Å². The van der Waals surface area contributed by atoms with Crippen LogP contribution in [0.4, 0.5) is 30.2 Å². The number of hydrogen-bond donors (Lipinski definition) is 2. The zero-order valence-corrected chi connectivity index (χ0v) is 23.6. The molecule has 1 aromatic heterocycles. The zero-order valence-electron chi connectivity index (χ0n) is 23.6. The Hall–Kier alpha value is -5.12. The molecule has 224 valence electrons. The van der Waals surface area contributed by atoms with Gasteiger partial charge in [0.15, 0.2) is 0 Å². The molecule has 2 bridgehead atoms. The van der Waals surface area contributed by atoms with Gasteiger partial charge in [0, 0.05) is 54.6 Å². The second kappa shape index (κ2) is 11.9. The Morgan fingerprint density at radius 3 is 2.43 bits per heavy atom. The number of benzene rings is 3. The summed E-state index contributed by atoms with van der Waals surface area (Å²) in [6.07, 6.45) is -0.520. The van der Waals surface area contributed by atoms with E-state index in [1.807, 2.05) is 41.0 Å². The Labute approximate surface area is 251 Å². The maximum atomic E-state index is 13.2. The van der Waals surface area contributed by atoms with Crippen molar-refractivity contribution in [2.24, 2.45) is 5.92 Å². The van der Waals surface area contributed by atoms with E-state index in [1.165, 1.54) is 24.3 Å². The van der Waals surface area contributed by atoms with Crippen LogP contribution >= 0.6 is 0 Å². The fraction of sp³-hybridized carbons (Fsp3) is 0.206. The first-order valence-electron chi connectivity index (χ1n) is 14.3. The van der Waals surface area contributed by atoms with Gasteiger partial charge in [-0.15, -0.1) is 0 Å². The van der Waals surface area contributed by atoms with E-state index < -0.39 is 23.6 Å². The number of nitrogens with one attached hydrogen (secondary N) is 2. The van der Waals surface area contributed by atoms with Gasteiger partial charge in [-0.2, -0.15) is 13.2 Å². The van der Waals surface area contributed by atoms with Crippen molar-refractivity contribution in [1.82, 2.24) is 4.57 Å². The molecule has 10 heteroatoms. The number of hydrogen-bond acceptors (Lipinski definition) is 4. The number of piperidine rings is 1. The molecule has 7 nitrogen and oxygen atoms in total. The molecule has 6 rings (SSSR count). The first kappa shape index (κ1) is 29.0. The van der Waals surface area contributed by atoms with Crippen LogP contribution in [0.3, 0.4) is 0 Å². The molecule has 44 heavy (non-hydrogen) atoms. The Morgan fingerprint density at radius 2 is 1.64 bits per heavy atom. The molecule has 0 radical (unpaired) electrons. The van der Waals surface area contributed by atoms with Crippen molar-refractivity contribution < 1.29 is 22.8 Å². The predicted molar refractivity (Wildman–Crippen MR) is 164 cm³/mol. The van der Waals surface area contributed by atoms with Crippen LogP contribution in [0.1, 0.15) is 39.5 Å². The summed E-state index contributed by atoms with van der Waals surface area (Å²) >= 11 is 0. The Morgan fingerprint density at radius 1 is 0.841 bits per heavy atom. The first-order chi connectivity index (χ1) is 21.1. The minimum atomic E-state index is -4.55. The van der Waals surface area contributed by atoms with Crippen LogP contribution in [0.15, 0.2) is 102 Å². The Balaban J connectivity index is 1.29. The molecular formula is C34H29F3N4O3. The fourth-order valence-corrected chi connectivity index (χ4v) is 6.03. The number of halogens is 3. The third-order valence-electron chi connectivity index (χ3n) is 8.01. The van der Waals surface area contributed by atoms with Gasteiger partial charge in [-0.05, 0) is 66.4 Å². The predicted octanol–water partition coefficient (Wildman–Crippen LogP) is 6.40. The highest BCUT2D eigenvalue weighted by atomic mass is 19.4. The summed E-state index contributed by atoms with van der Waals surface area (Å²) in [6.45, 7) is 1.86. The van der Waals surface area contributed by atoms with Crippen LogP contribution in [-0.4, -0.2) is 29.5 Å². The van der Waals surface area contributed by atoms with Crippen LogP contribution in [0.5, 0.6) is 0 Å². The summed E-state index contributed by atoms with van der Waals surface area (Å²) < 4.78 is 41.4. The number of rotatable bonds is 6. The van der Waals surface area contributed by atoms with Crippen molar-refractivity contribution in [2.75, 3.05) is 28.6 Å². The molecule has 0 unspecified atom stereocenters. The Kier molecular flexibility index (Phi) is 7.82. The van der Waals surface area contributed by atoms with E-state index in [9.17, 15) is 27.6 Å². The molecule has 2 N–H and O–H groups in total. The SMILES string of the molecule is O=C(/C=C/c1ccccc1)Nc1cc(C(=O)Nc2cccc(C(F)(F)F)c2)ccc1N1C[C@H]2C[C@@H](C1)c1cccc(=O)n1C2. The van der Waals surface area contributed by atoms with Gasteiger partial charge < -0.3 is 20.1 Å². The van der Waals surface area contributed by atoms with Gasteiger partial charge in [-0.25, -0.2) is 0 Å². The van der Waals surface area contributed by atoms with Crippen molar-refractivity contribution in [3.63, 3.8) is 0 Å². The molecule has 1 fully saturated rings. The average molecular weight is 599 g/mol. The normalized spacial score (nSPS) is 17.7. The summed E-state index contributed by atoms with van der Waals surface area (Å²) in [5.41, 5.74) is 2.22. The number of anilines is 3. The fourth-order valence-electron chi connectivity index (χ4n) is 6.03. The molecule has 2 aliphatic heterocycles. The van der Waals surface area contributed by atoms with Crippen molar-refractivity contribution in [3.8, 4) is 0 Å². The van der Waals surface area contributed by atoms with Crippen LogP contribution < -0.4 is 21.1 Å². The van der Waals surface area contributed by atoms with Gasteiger partial charge in [-0.3, -0.25) is 14.4 Å². The number of alkyl halides is 3. The van der Waals surface area contributed by atoms with Crippen LogP contribution in [0, 0.1) is 5.92 Å². The molecule has 0 spiro atoms. The van der Waals surface area contributed by atoms with Crippen molar-refractivity contribution in [2.45, 2.75) is 25.1 Å². The lowest BCUT2D eigenvalue weighted by atomic mass is 9.83. The lowest BCUT2D eigenvalue weighted by Gasteiger charge is -2.44. The highest BCUT2D eigenvalue weighted by molar-refractivity contribution is 6.08. The number of amides is 2. The summed E-state index contributed by atoms with van der Waals surface area (Å²) in [5.74, 6) is -0.691. The minimum absolute atomic E-state index is 0.00282. The minimum Gasteiger partial charge on any atom is -0.369 e. The topological polar surface area (TPSA) is 83.4 Å². The molecule has 2 amide bonds. The lowest BCUT2D eigenvalue weighted by Crippen LogP contribution is -2.47. The molecule has 0 saturated carbocycles. The smallest absolute Gasteiger partial charge is 0.369 e. The highest BCUT2D eigenvalue weighted by Crippen LogP contribution is 2.39. The van der Waals surface area contributed by atoms with Crippen molar-refractivity contribution in [3.05, 3.63) is 130 Å². The van der Waals surface area contributed by atoms with Gasteiger partial charge in [0.25, 0.3) is 11.5 Å². The Bertz CT molecular complexity index is 1800. The number of carbonyl (C=O) groups excluding carboxylic acids is 2. The third kappa shape index (κ3) is 6.29. The summed E-state index contributed by atoms with van der Waals surface area (Å²) in [4.78, 5) is 40.9. The molecule has 1 saturated heterocycles. The van der Waals surface area contributed by atoms with Gasteiger partial charge in [0.1, 0.15) is 0 Å². The van der Waals surface area contributed by atoms with E-state index in [-0.39, 0.29) is 28.6 Å². The number of carbonyl (C=O) groups is 2. The number of fused-ring (bicyclic) bond motifs is 4. The van der Waals surface area contributed by atoms with Crippen molar-refractivity contribution >= 4 is 35.0 Å². The van der Waals surface area contributed by atoms with Crippen LogP contribution in [-0.2, 0) is 17.5 Å². The summed E-state index contributed by atoms with van der Waals surface area (Å²) in [5, 5.41) is 5.44. The molecule has 2 atom stereocenters. The second-order valence-electron chi connectivity index (χ2n) is 11.1. The second-order valence-corrected chi connectivity index (χ2v) is 11.1. The van der Waals surface area contributed by atoms with Gasteiger partial charge in [0.2, 0.25) is 5.91 Å². The van der Waals surface area contributed by atoms with Gasteiger partial charge >= 0.3 is 6.18 Å². The van der Waals surface area contributed by atoms with Gasteiger partial charge in [-0.1, -0.05) is 42.5 Å². The van der Waals surface area contributed by atoms with E-state index in [2.05, 4.69) is 15.5 Å². The maximum Gasteiger partial charge on any atom is 0.416 e. The van der Waals surface area contributed by atoms with E-state index in [0.717, 1.165) is 29.8 Å². The summed E-state index contributed by atoms with van der Waals surface area (Å²) in [7, 11) is 0. The molecule has 0 aliphatic carbocycles. The van der Waals surface area contributed by atoms with E-state index in [4.69, 9.17) is 0 Å². The summed E-state index contributed by atoms with van der Waals surface area (Å²) in [6, 6.07) is 24.0. The zero-order chi connectivity index (χ0) is 30.8. The number of nitrogens with zero attached hydrogens (tertiary/aromatic N) is 2. The van der Waals surface area contributed by atoms with Crippen LogP contribution in [0.25, 0.3) is 6.08 Å². The third-order valence-corrected chi connectivity index (χ3v) is 8.01. The molecule has 2 aliphatic rings. The van der Waals surface area contributed by atoms with E-state index >= 15 is 0 Å². The first-order valence-corrected chi connectivity index (χ1v) is 14.3. The highest BCUT2D eigenvalue weighted by Gasteiger charge is 2.35. The molecule has 4 aromatic rings. The van der Waals surface area contributed by atoms with E-state index in [0.29, 0.717) is 31.0 Å². The largest absolute Gasteiger partial charge is 0.416 e. The standard InChI is InChI=1S/C34H29F3N4O3/c35-34(36,37)26-8-4-9-27(18-26)38-33(44)24-13-14-30(28(17-24)39-31(42)15-12-22-6-2-1-3-7-22)40-19-23-16-25(21-40)29-10-5-11-32(43)41(29)20-23/h1-15,17-18,23,25H,16,19-21H2,(H,38,44)(H,39,42)/b15-12+/t23-,25+/m1/s1. The molecular weight excluding hydrogens is 569 g/mol. The molecule has 3 heterocycles. The monoisotopic (exact) mass is 598 g/mol. The average Bonchev–Trinajstić information content (AvgIpc) is 3.01. The van der Waals surface area contributed by atoms with E-state index in [1.54, 1.807) is 30.3 Å². The van der Waals surface area contributed by atoms with Crippen LogP contribution in [0.2, 0.25) is 0 Å².